The standard InChI is InChI=1S/C51H59F2N11O5S/c1-34-45(70-33-56-34)36-15-13-35(14-16-36)30-55-47(66)42-12-10-24-63(42)48(67)46(50(2,3)4)58-44(65)21-28-69-27-8-7-26-68-25-6-5-23-62-32-38(31-57-62)41-19-20-43-59-60-49(64(43)61-41)51(52,53)39-17-18-40-37(29-39)11-9-22-54-40/h9,11,13-20,22,29,31-33,42,46H,5-8,10,12,21,23-28,30H2,1-4H3,(H,55,66)(H,58,65)/t42-,46+/m0/s1. The molecule has 0 radical (unpaired) electrons. The van der Waals surface area contributed by atoms with E-state index in [4.69, 9.17) is 9.47 Å². The summed E-state index contributed by atoms with van der Waals surface area (Å²) in [4.78, 5) is 51.7. The second-order valence-electron chi connectivity index (χ2n) is 18.6. The maximum atomic E-state index is 15.8. The quantitative estimate of drug-likeness (QED) is 0.0629. The van der Waals surface area contributed by atoms with Crippen molar-refractivity contribution in [3.05, 3.63) is 113 Å². The lowest BCUT2D eigenvalue weighted by Gasteiger charge is -2.35. The topological polar surface area (TPSA) is 184 Å². The van der Waals surface area contributed by atoms with Gasteiger partial charge < -0.3 is 25.0 Å². The number of fused-ring (bicyclic) bond motifs is 2. The molecule has 5 aromatic heterocycles. The molecule has 1 aliphatic rings. The molecule has 70 heavy (non-hydrogen) atoms. The first-order valence-electron chi connectivity index (χ1n) is 23.8. The number of hydrogen-bond acceptors (Lipinski definition) is 12. The predicted molar refractivity (Wildman–Crippen MR) is 262 cm³/mol. The minimum absolute atomic E-state index is 0.109. The largest absolute Gasteiger partial charge is 0.381 e. The van der Waals surface area contributed by atoms with Gasteiger partial charge in [0.15, 0.2) is 5.65 Å². The number of amides is 3. The molecule has 2 N–H and O–H groups in total. The number of benzene rings is 2. The number of thiazole rings is 1. The minimum Gasteiger partial charge on any atom is -0.381 e. The first-order chi connectivity index (χ1) is 33.8. The van der Waals surface area contributed by atoms with Crippen molar-refractivity contribution in [2.75, 3.05) is 33.0 Å². The average molecular weight is 976 g/mol. The number of aryl methyl sites for hydroxylation is 2. The molecular formula is C51H59F2N11O5S. The van der Waals surface area contributed by atoms with Crippen LogP contribution in [0.15, 0.2) is 90.8 Å². The molecule has 8 rings (SSSR count). The maximum Gasteiger partial charge on any atom is 0.333 e. The van der Waals surface area contributed by atoms with E-state index < -0.39 is 29.2 Å². The Morgan fingerprint density at radius 1 is 0.900 bits per heavy atom. The summed E-state index contributed by atoms with van der Waals surface area (Å²) in [6, 6.07) is 17.7. The molecule has 16 nitrogen and oxygen atoms in total. The molecule has 0 saturated carbocycles. The summed E-state index contributed by atoms with van der Waals surface area (Å²) in [7, 11) is 0. The van der Waals surface area contributed by atoms with Gasteiger partial charge in [0, 0.05) is 74.8 Å². The lowest BCUT2D eigenvalue weighted by molar-refractivity contribution is -0.144. The van der Waals surface area contributed by atoms with Crippen molar-refractivity contribution in [1.29, 1.82) is 0 Å². The zero-order valence-corrected chi connectivity index (χ0v) is 40.8. The van der Waals surface area contributed by atoms with E-state index in [2.05, 4.69) is 41.0 Å². The summed E-state index contributed by atoms with van der Waals surface area (Å²) in [6.07, 6.45) is 9.70. The van der Waals surface area contributed by atoms with Crippen LogP contribution in [0.3, 0.4) is 0 Å². The number of alkyl halides is 2. The van der Waals surface area contributed by atoms with Crippen LogP contribution in [0.25, 0.3) is 38.2 Å². The number of hydrogen-bond donors (Lipinski definition) is 2. The van der Waals surface area contributed by atoms with Gasteiger partial charge in [0.2, 0.25) is 23.5 Å². The minimum atomic E-state index is -3.46. The lowest BCUT2D eigenvalue weighted by atomic mass is 9.85. The van der Waals surface area contributed by atoms with Gasteiger partial charge in [-0.1, -0.05) is 57.2 Å². The first kappa shape index (κ1) is 49.8. The highest BCUT2D eigenvalue weighted by atomic mass is 32.1. The molecule has 0 bridgehead atoms. The van der Waals surface area contributed by atoms with Crippen LogP contribution in [0.5, 0.6) is 0 Å². The number of nitrogens with zero attached hydrogens (tertiary/aromatic N) is 9. The highest BCUT2D eigenvalue weighted by Crippen LogP contribution is 2.36. The third-order valence-corrected chi connectivity index (χ3v) is 13.3. The maximum absolute atomic E-state index is 15.8. The molecule has 2 aromatic carbocycles. The van der Waals surface area contributed by atoms with Crippen molar-refractivity contribution in [1.82, 2.24) is 55.1 Å². The van der Waals surface area contributed by atoms with Crippen molar-refractivity contribution < 1.29 is 32.6 Å². The zero-order valence-electron chi connectivity index (χ0n) is 39.9. The second-order valence-corrected chi connectivity index (χ2v) is 19.5. The summed E-state index contributed by atoms with van der Waals surface area (Å²) in [5, 5.41) is 23.3. The van der Waals surface area contributed by atoms with Gasteiger partial charge in [-0.25, -0.2) is 4.98 Å². The van der Waals surface area contributed by atoms with Gasteiger partial charge in [0.1, 0.15) is 12.1 Å². The summed E-state index contributed by atoms with van der Waals surface area (Å²) in [5.74, 6) is -4.78. The van der Waals surface area contributed by atoms with E-state index in [-0.39, 0.29) is 42.0 Å². The Bertz CT molecular complexity index is 2900. The summed E-state index contributed by atoms with van der Waals surface area (Å²) in [6.45, 7) is 11.0. The van der Waals surface area contributed by atoms with E-state index >= 15 is 8.78 Å². The number of pyridine rings is 1. The fourth-order valence-corrected chi connectivity index (χ4v) is 9.23. The van der Waals surface area contributed by atoms with E-state index in [9.17, 15) is 14.4 Å². The van der Waals surface area contributed by atoms with Gasteiger partial charge in [0.25, 0.3) is 0 Å². The van der Waals surface area contributed by atoms with Crippen LogP contribution in [0.2, 0.25) is 0 Å². The predicted octanol–water partition coefficient (Wildman–Crippen LogP) is 7.93. The van der Waals surface area contributed by atoms with Crippen LogP contribution in [0.1, 0.15) is 88.4 Å². The Morgan fingerprint density at radius 2 is 1.67 bits per heavy atom. The second kappa shape index (κ2) is 22.5. The molecule has 2 atom stereocenters. The number of halogens is 2. The van der Waals surface area contributed by atoms with E-state index in [1.54, 1.807) is 63.6 Å². The molecule has 0 unspecified atom stereocenters. The molecule has 3 amide bonds. The molecule has 1 aliphatic heterocycles. The summed E-state index contributed by atoms with van der Waals surface area (Å²) < 4.78 is 46.1. The van der Waals surface area contributed by atoms with E-state index in [1.807, 2.05) is 63.7 Å². The average Bonchev–Trinajstić information content (AvgIpc) is 4.20. The van der Waals surface area contributed by atoms with Crippen molar-refractivity contribution >= 4 is 45.6 Å². The highest BCUT2D eigenvalue weighted by Gasteiger charge is 2.42. The van der Waals surface area contributed by atoms with Crippen molar-refractivity contribution in [2.24, 2.45) is 5.41 Å². The fraction of sp³-hybridized carbons (Fsp3) is 0.431. The van der Waals surface area contributed by atoms with Gasteiger partial charge in [-0.15, -0.1) is 21.5 Å². The van der Waals surface area contributed by atoms with E-state index in [0.29, 0.717) is 74.5 Å². The molecule has 0 spiro atoms. The molecule has 0 aliphatic carbocycles. The Morgan fingerprint density at radius 3 is 2.43 bits per heavy atom. The van der Waals surface area contributed by atoms with Crippen molar-refractivity contribution in [3.8, 4) is 21.7 Å². The number of rotatable bonds is 22. The monoisotopic (exact) mass is 975 g/mol. The van der Waals surface area contributed by atoms with E-state index in [0.717, 1.165) is 51.9 Å². The number of ether oxygens (including phenoxy) is 2. The molecule has 7 aromatic rings. The Hall–Kier alpha value is -6.57. The normalized spacial score (nSPS) is 14.7. The van der Waals surface area contributed by atoms with Crippen molar-refractivity contribution in [2.45, 2.75) is 104 Å². The van der Waals surface area contributed by atoms with Gasteiger partial charge in [-0.2, -0.15) is 23.5 Å². The molecular weight excluding hydrogens is 917 g/mol. The smallest absolute Gasteiger partial charge is 0.333 e. The van der Waals surface area contributed by atoms with Crippen LogP contribution < -0.4 is 10.6 Å². The lowest BCUT2D eigenvalue weighted by Crippen LogP contribution is -2.57. The zero-order chi connectivity index (χ0) is 49.3. The van der Waals surface area contributed by atoms with Crippen LogP contribution in [0.4, 0.5) is 8.78 Å². The highest BCUT2D eigenvalue weighted by molar-refractivity contribution is 7.13. The first-order valence-corrected chi connectivity index (χ1v) is 24.7. The Kier molecular flexibility index (Phi) is 16.0. The molecule has 19 heteroatoms. The number of carbonyl (C=O) groups excluding carboxylic acids is 3. The van der Waals surface area contributed by atoms with E-state index in [1.165, 1.54) is 12.1 Å². The third-order valence-electron chi connectivity index (χ3n) is 12.4. The number of likely N-dealkylation sites (tertiary alicyclic amines) is 1. The SMILES string of the molecule is Cc1ncsc1-c1ccc(CNC(=O)[C@@H]2CCCN2C(=O)[C@@H](NC(=O)CCOCCCCOCCCCn2cc(-c3ccc4nnc(C(F)(F)c5ccc6ncccc6c5)n4n3)cn2)C(C)(C)C)cc1. The van der Waals surface area contributed by atoms with Gasteiger partial charge in [0.05, 0.1) is 40.1 Å². The Balaban J connectivity index is 0.694. The third kappa shape index (κ3) is 12.1. The fourth-order valence-electron chi connectivity index (χ4n) is 8.42. The number of carbonyl (C=O) groups is 3. The molecule has 6 heterocycles. The van der Waals surface area contributed by atoms with Crippen molar-refractivity contribution in [3.63, 3.8) is 0 Å². The molecule has 1 saturated heterocycles. The van der Waals surface area contributed by atoms with Crippen LogP contribution in [0, 0.1) is 12.3 Å². The molecule has 368 valence electrons. The van der Waals surface area contributed by atoms with Crippen LogP contribution in [-0.4, -0.2) is 107 Å². The van der Waals surface area contributed by atoms with Crippen LogP contribution in [-0.2, 0) is 42.9 Å². The number of unbranched alkanes of at least 4 members (excludes halogenated alkanes) is 2. The molecule has 1 fully saturated rings. The summed E-state index contributed by atoms with van der Waals surface area (Å²) in [5.41, 5.74) is 6.01. The van der Waals surface area contributed by atoms with Gasteiger partial charge in [-0.05, 0) is 92.3 Å². The van der Waals surface area contributed by atoms with Gasteiger partial charge in [-0.3, -0.25) is 24.0 Å². The van der Waals surface area contributed by atoms with Gasteiger partial charge >= 0.3 is 5.92 Å². The Labute approximate surface area is 409 Å². The van der Waals surface area contributed by atoms with Crippen LogP contribution >= 0.6 is 11.3 Å². The number of nitrogens with one attached hydrogen (secondary N) is 2. The number of aromatic nitrogens is 8. The summed E-state index contributed by atoms with van der Waals surface area (Å²) >= 11 is 1.59.